The lowest BCUT2D eigenvalue weighted by atomic mass is 10.1. The van der Waals surface area contributed by atoms with Crippen LogP contribution in [-0.4, -0.2) is 14.1 Å². The maximum Gasteiger partial charge on any atom is 0.175 e. The van der Waals surface area contributed by atoms with Crippen LogP contribution in [0, 0.1) is 26.8 Å². The first-order valence-electron chi connectivity index (χ1n) is 7.63. The number of nitrogens with zero attached hydrogens (tertiary/aromatic N) is 1. The van der Waals surface area contributed by atoms with Crippen molar-refractivity contribution in [2.75, 3.05) is 19.0 Å². The SMILES string of the molecule is CN(C)c1ccc(/C=C/C=C/C=C/c2c(F)c(F)c(I)c(F)c2F)cc1. The predicted molar refractivity (Wildman–Crippen MR) is 107 cm³/mol. The van der Waals surface area contributed by atoms with Crippen molar-refractivity contribution in [2.45, 2.75) is 0 Å². The van der Waals surface area contributed by atoms with Crippen molar-refractivity contribution < 1.29 is 17.6 Å². The normalized spacial score (nSPS) is 12.0. The minimum atomic E-state index is -1.41. The molecule has 0 aliphatic rings. The zero-order valence-corrected chi connectivity index (χ0v) is 16.3. The van der Waals surface area contributed by atoms with Crippen LogP contribution < -0.4 is 4.90 Å². The molecular formula is C20H16F4IN. The van der Waals surface area contributed by atoms with E-state index < -0.39 is 32.4 Å². The van der Waals surface area contributed by atoms with Gasteiger partial charge in [0, 0.05) is 19.8 Å². The summed E-state index contributed by atoms with van der Waals surface area (Å²) in [6, 6.07) is 7.87. The summed E-state index contributed by atoms with van der Waals surface area (Å²) in [4.78, 5) is 1.99. The van der Waals surface area contributed by atoms with Gasteiger partial charge in [-0.2, -0.15) is 0 Å². The molecule has 0 bridgehead atoms. The highest BCUT2D eigenvalue weighted by Gasteiger charge is 2.22. The molecule has 2 rings (SSSR count). The van der Waals surface area contributed by atoms with Gasteiger partial charge in [0.25, 0.3) is 0 Å². The van der Waals surface area contributed by atoms with Gasteiger partial charge >= 0.3 is 0 Å². The molecule has 2 aromatic rings. The molecule has 0 fully saturated rings. The average Bonchev–Trinajstić information content (AvgIpc) is 2.64. The highest BCUT2D eigenvalue weighted by atomic mass is 127. The van der Waals surface area contributed by atoms with Crippen LogP contribution in [0.2, 0.25) is 0 Å². The molecule has 0 amide bonds. The van der Waals surface area contributed by atoms with Crippen molar-refractivity contribution in [1.29, 1.82) is 0 Å². The number of hydrogen-bond acceptors (Lipinski definition) is 1. The minimum Gasteiger partial charge on any atom is -0.378 e. The fourth-order valence-electron chi connectivity index (χ4n) is 2.10. The molecule has 0 radical (unpaired) electrons. The summed E-state index contributed by atoms with van der Waals surface area (Å²) in [5.41, 5.74) is 1.33. The Bertz CT molecular complexity index is 839. The molecule has 0 aliphatic heterocycles. The van der Waals surface area contributed by atoms with E-state index in [1.54, 1.807) is 12.2 Å². The largest absolute Gasteiger partial charge is 0.378 e. The van der Waals surface area contributed by atoms with Crippen molar-refractivity contribution in [3.8, 4) is 0 Å². The summed E-state index contributed by atoms with van der Waals surface area (Å²) in [6.45, 7) is 0. The molecule has 0 heterocycles. The smallest absolute Gasteiger partial charge is 0.175 e. The van der Waals surface area contributed by atoms with Crippen molar-refractivity contribution in [1.82, 2.24) is 0 Å². The van der Waals surface area contributed by atoms with Gasteiger partial charge in [0.1, 0.15) is 0 Å². The first-order valence-corrected chi connectivity index (χ1v) is 8.71. The third-order valence-corrected chi connectivity index (χ3v) is 4.49. The molecule has 0 unspecified atom stereocenters. The molecule has 0 spiro atoms. The van der Waals surface area contributed by atoms with Crippen LogP contribution >= 0.6 is 22.6 Å². The standard InChI is InChI=1S/C20H16F4IN/c1-26(2)14-11-9-13(10-12-14)7-5-3-4-6-8-15-16(21)18(23)20(25)19(24)17(15)22/h3-12H,1-2H3/b4-3+,7-5+,8-6+. The van der Waals surface area contributed by atoms with Gasteiger partial charge in [0.15, 0.2) is 23.3 Å². The molecule has 0 atom stereocenters. The highest BCUT2D eigenvalue weighted by molar-refractivity contribution is 14.1. The summed E-state index contributed by atoms with van der Waals surface area (Å²) >= 11 is 1.22. The first kappa shape index (κ1) is 20.2. The number of benzene rings is 2. The molecular weight excluding hydrogens is 457 g/mol. The summed E-state index contributed by atoms with van der Waals surface area (Å²) in [5.74, 6) is -5.60. The van der Waals surface area contributed by atoms with Crippen LogP contribution in [0.3, 0.4) is 0 Å². The van der Waals surface area contributed by atoms with Crippen molar-refractivity contribution >= 4 is 40.4 Å². The number of anilines is 1. The Morgan fingerprint density at radius 1 is 0.731 bits per heavy atom. The summed E-state index contributed by atoms with van der Waals surface area (Å²) in [6.07, 6.45) is 9.06. The van der Waals surface area contributed by atoms with Gasteiger partial charge in [-0.1, -0.05) is 42.5 Å². The second-order valence-corrected chi connectivity index (χ2v) is 6.65. The van der Waals surface area contributed by atoms with E-state index in [4.69, 9.17) is 0 Å². The van der Waals surface area contributed by atoms with Gasteiger partial charge < -0.3 is 4.90 Å². The molecule has 0 saturated heterocycles. The van der Waals surface area contributed by atoms with Gasteiger partial charge in [-0.25, -0.2) is 17.6 Å². The molecule has 0 saturated carbocycles. The lowest BCUT2D eigenvalue weighted by Crippen LogP contribution is -2.07. The molecule has 2 aromatic carbocycles. The van der Waals surface area contributed by atoms with E-state index in [0.29, 0.717) is 0 Å². The zero-order chi connectivity index (χ0) is 19.3. The Morgan fingerprint density at radius 2 is 1.23 bits per heavy atom. The van der Waals surface area contributed by atoms with Gasteiger partial charge in [-0.15, -0.1) is 0 Å². The monoisotopic (exact) mass is 473 g/mol. The zero-order valence-electron chi connectivity index (χ0n) is 14.1. The maximum atomic E-state index is 13.7. The summed E-state index contributed by atoms with van der Waals surface area (Å²) in [7, 11) is 3.91. The Morgan fingerprint density at radius 3 is 1.73 bits per heavy atom. The van der Waals surface area contributed by atoms with E-state index in [1.807, 2.05) is 49.3 Å². The number of hydrogen-bond donors (Lipinski definition) is 0. The van der Waals surface area contributed by atoms with Crippen molar-refractivity contribution in [3.05, 3.63) is 86.5 Å². The van der Waals surface area contributed by atoms with Crippen LogP contribution in [-0.2, 0) is 0 Å². The molecule has 1 nitrogen and oxygen atoms in total. The summed E-state index contributed by atoms with van der Waals surface area (Å²) in [5, 5.41) is 0. The third kappa shape index (κ3) is 4.75. The minimum absolute atomic E-state index is 0.700. The quantitative estimate of drug-likeness (QED) is 0.165. The van der Waals surface area contributed by atoms with E-state index in [0.717, 1.165) is 17.3 Å². The highest BCUT2D eigenvalue weighted by Crippen LogP contribution is 2.26. The van der Waals surface area contributed by atoms with E-state index in [1.165, 1.54) is 34.7 Å². The van der Waals surface area contributed by atoms with Gasteiger partial charge in [0.05, 0.1) is 9.13 Å². The van der Waals surface area contributed by atoms with Crippen LogP contribution in [0.25, 0.3) is 12.2 Å². The second-order valence-electron chi connectivity index (χ2n) is 5.57. The van der Waals surface area contributed by atoms with Gasteiger partial charge in [-0.05, 0) is 46.4 Å². The molecule has 0 aliphatic carbocycles. The van der Waals surface area contributed by atoms with Crippen LogP contribution in [0.4, 0.5) is 23.2 Å². The fourth-order valence-corrected chi connectivity index (χ4v) is 2.57. The maximum absolute atomic E-state index is 13.7. The van der Waals surface area contributed by atoms with E-state index >= 15 is 0 Å². The Kier molecular flexibility index (Phi) is 7.02. The molecule has 136 valence electrons. The number of halogens is 5. The molecule has 0 N–H and O–H groups in total. The number of allylic oxidation sites excluding steroid dienone is 4. The van der Waals surface area contributed by atoms with E-state index in [2.05, 4.69) is 0 Å². The van der Waals surface area contributed by atoms with Gasteiger partial charge in [0.2, 0.25) is 0 Å². The molecule has 0 aromatic heterocycles. The lowest BCUT2D eigenvalue weighted by Gasteiger charge is -2.11. The lowest BCUT2D eigenvalue weighted by molar-refractivity contribution is 0.443. The molecule has 6 heteroatoms. The fraction of sp³-hybridized carbons (Fsp3) is 0.100. The van der Waals surface area contributed by atoms with Crippen molar-refractivity contribution in [2.24, 2.45) is 0 Å². The average molecular weight is 473 g/mol. The van der Waals surface area contributed by atoms with Crippen LogP contribution in [0.15, 0.2) is 48.6 Å². The van der Waals surface area contributed by atoms with Crippen LogP contribution in [0.1, 0.15) is 11.1 Å². The summed E-state index contributed by atoms with van der Waals surface area (Å²) < 4.78 is 53.7. The van der Waals surface area contributed by atoms with Gasteiger partial charge in [-0.3, -0.25) is 0 Å². The topological polar surface area (TPSA) is 3.24 Å². The Balaban J connectivity index is 2.07. The Labute approximate surface area is 163 Å². The predicted octanol–water partition coefficient (Wildman–Crippen LogP) is 6.20. The molecule has 26 heavy (non-hydrogen) atoms. The Hall–Kier alpha value is -2.09. The van der Waals surface area contributed by atoms with Crippen LogP contribution in [0.5, 0.6) is 0 Å². The third-order valence-electron chi connectivity index (χ3n) is 3.54. The number of rotatable bonds is 5. The van der Waals surface area contributed by atoms with Crippen molar-refractivity contribution in [3.63, 3.8) is 0 Å². The van der Waals surface area contributed by atoms with E-state index in [9.17, 15) is 17.6 Å². The second kappa shape index (κ2) is 9.02. The van der Waals surface area contributed by atoms with E-state index in [-0.39, 0.29) is 0 Å². The first-order chi connectivity index (χ1) is 12.3.